The van der Waals surface area contributed by atoms with Crippen molar-refractivity contribution < 1.29 is 0 Å². The molecule has 0 aliphatic rings. The Morgan fingerprint density at radius 1 is 1.39 bits per heavy atom. The van der Waals surface area contributed by atoms with Gasteiger partial charge in [-0.2, -0.15) is 10.4 Å². The fourth-order valence-electron chi connectivity index (χ4n) is 2.06. The molecule has 2 aromatic rings. The van der Waals surface area contributed by atoms with Crippen LogP contribution < -0.4 is 5.73 Å². The van der Waals surface area contributed by atoms with Crippen molar-refractivity contribution in [1.82, 2.24) is 9.78 Å². The number of hydrogen-bond acceptors (Lipinski definition) is 3. The summed E-state index contributed by atoms with van der Waals surface area (Å²) in [5.74, 6) is 0. The minimum absolute atomic E-state index is 0.411. The van der Waals surface area contributed by atoms with Gasteiger partial charge < -0.3 is 5.73 Å². The molecule has 0 saturated carbocycles. The van der Waals surface area contributed by atoms with Gasteiger partial charge in [0.25, 0.3) is 0 Å². The van der Waals surface area contributed by atoms with Crippen LogP contribution in [0.1, 0.15) is 17.0 Å². The second-order valence-electron chi connectivity index (χ2n) is 4.21. The van der Waals surface area contributed by atoms with Crippen LogP contribution in [0, 0.1) is 25.2 Å². The lowest BCUT2D eigenvalue weighted by molar-refractivity contribution is 0.731. The van der Waals surface area contributed by atoms with Gasteiger partial charge >= 0.3 is 0 Å². The van der Waals surface area contributed by atoms with Crippen molar-refractivity contribution in [2.45, 2.75) is 13.8 Å². The average molecular weight is 261 g/mol. The van der Waals surface area contributed by atoms with Crippen LogP contribution in [0.25, 0.3) is 11.1 Å². The van der Waals surface area contributed by atoms with E-state index in [1.54, 1.807) is 16.8 Å². The highest BCUT2D eigenvalue weighted by molar-refractivity contribution is 6.36. The minimum atomic E-state index is 0.411. The van der Waals surface area contributed by atoms with Gasteiger partial charge in [-0.15, -0.1) is 0 Å². The molecular weight excluding hydrogens is 248 g/mol. The van der Waals surface area contributed by atoms with Crippen molar-refractivity contribution in [3.63, 3.8) is 0 Å². The summed E-state index contributed by atoms with van der Waals surface area (Å²) in [6, 6.07) is 5.41. The summed E-state index contributed by atoms with van der Waals surface area (Å²) < 4.78 is 1.79. The number of anilines is 1. The number of benzene rings is 1. The van der Waals surface area contributed by atoms with Crippen molar-refractivity contribution >= 4 is 17.3 Å². The van der Waals surface area contributed by atoms with Crippen LogP contribution in [0.5, 0.6) is 0 Å². The molecule has 18 heavy (non-hydrogen) atoms. The summed E-state index contributed by atoms with van der Waals surface area (Å²) in [5.41, 5.74) is 10.3. The van der Waals surface area contributed by atoms with Gasteiger partial charge in [-0.1, -0.05) is 11.6 Å². The maximum absolute atomic E-state index is 9.00. The molecule has 2 rings (SSSR count). The molecule has 1 heterocycles. The van der Waals surface area contributed by atoms with Gasteiger partial charge in [0.05, 0.1) is 28.0 Å². The van der Waals surface area contributed by atoms with Gasteiger partial charge in [-0.25, -0.2) is 0 Å². The van der Waals surface area contributed by atoms with E-state index in [4.69, 9.17) is 22.6 Å². The largest absolute Gasteiger partial charge is 0.397 e. The van der Waals surface area contributed by atoms with E-state index < -0.39 is 0 Å². The molecule has 1 aromatic carbocycles. The van der Waals surface area contributed by atoms with Crippen LogP contribution in [0.3, 0.4) is 0 Å². The maximum atomic E-state index is 9.00. The molecular formula is C13H13ClN4. The molecule has 92 valence electrons. The van der Waals surface area contributed by atoms with Crippen molar-refractivity contribution in [2.75, 3.05) is 5.73 Å². The fourth-order valence-corrected chi connectivity index (χ4v) is 2.26. The zero-order valence-corrected chi connectivity index (χ0v) is 11.2. The molecule has 0 atom stereocenters. The Morgan fingerprint density at radius 3 is 2.56 bits per heavy atom. The third-order valence-electron chi connectivity index (χ3n) is 3.01. The third-order valence-corrected chi connectivity index (χ3v) is 3.43. The summed E-state index contributed by atoms with van der Waals surface area (Å²) in [6.07, 6.45) is 0. The molecule has 1 aromatic heterocycles. The van der Waals surface area contributed by atoms with Crippen molar-refractivity contribution in [2.24, 2.45) is 7.05 Å². The van der Waals surface area contributed by atoms with Gasteiger partial charge in [0.1, 0.15) is 0 Å². The standard InChI is InChI=1S/C13H13ClN4/c1-7-12(8(2)18(3)17-7)10-4-9(6-15)5-11(16)13(10)14/h4-5H,16H2,1-3H3. The molecule has 5 heteroatoms. The molecule has 0 radical (unpaired) electrons. The lowest BCUT2D eigenvalue weighted by atomic mass is 10.0. The number of nitrogens with two attached hydrogens (primary N) is 1. The molecule has 0 fully saturated rings. The monoisotopic (exact) mass is 260 g/mol. The van der Waals surface area contributed by atoms with Crippen molar-refractivity contribution in [3.8, 4) is 17.2 Å². The zero-order valence-electron chi connectivity index (χ0n) is 10.5. The molecule has 0 unspecified atom stereocenters. The van der Waals surface area contributed by atoms with Gasteiger partial charge in [0.15, 0.2) is 0 Å². The summed E-state index contributed by atoms with van der Waals surface area (Å²) in [6.45, 7) is 3.87. The van der Waals surface area contributed by atoms with Crippen LogP contribution in [0.4, 0.5) is 5.69 Å². The lowest BCUT2D eigenvalue weighted by Crippen LogP contribution is -1.94. The Morgan fingerprint density at radius 2 is 2.06 bits per heavy atom. The Balaban J connectivity index is 2.79. The van der Waals surface area contributed by atoms with E-state index in [1.807, 2.05) is 20.9 Å². The van der Waals surface area contributed by atoms with Gasteiger partial charge in [-0.3, -0.25) is 4.68 Å². The first-order valence-corrected chi connectivity index (χ1v) is 5.83. The van der Waals surface area contributed by atoms with E-state index in [0.717, 1.165) is 22.5 Å². The van der Waals surface area contributed by atoms with E-state index in [2.05, 4.69) is 11.2 Å². The second-order valence-corrected chi connectivity index (χ2v) is 4.59. The van der Waals surface area contributed by atoms with E-state index in [-0.39, 0.29) is 0 Å². The number of halogens is 1. The van der Waals surface area contributed by atoms with Crippen LogP contribution >= 0.6 is 11.6 Å². The SMILES string of the molecule is Cc1nn(C)c(C)c1-c1cc(C#N)cc(N)c1Cl. The lowest BCUT2D eigenvalue weighted by Gasteiger charge is -2.08. The summed E-state index contributed by atoms with van der Waals surface area (Å²) in [7, 11) is 1.87. The van der Waals surface area contributed by atoms with Gasteiger partial charge in [0, 0.05) is 23.9 Å². The molecule has 0 aliphatic carbocycles. The Kier molecular flexibility index (Phi) is 3.02. The Hall–Kier alpha value is -1.99. The first-order chi connectivity index (χ1) is 8.45. The van der Waals surface area contributed by atoms with E-state index >= 15 is 0 Å². The second kappa shape index (κ2) is 4.35. The maximum Gasteiger partial charge on any atom is 0.0992 e. The molecule has 0 bridgehead atoms. The molecule has 2 N–H and O–H groups in total. The van der Waals surface area contributed by atoms with Crippen molar-refractivity contribution in [1.29, 1.82) is 5.26 Å². The normalized spacial score (nSPS) is 10.4. The summed E-state index contributed by atoms with van der Waals surface area (Å²) >= 11 is 6.24. The molecule has 0 spiro atoms. The van der Waals surface area contributed by atoms with Crippen LogP contribution in [-0.2, 0) is 7.05 Å². The highest BCUT2D eigenvalue weighted by Gasteiger charge is 2.16. The average Bonchev–Trinajstić information content (AvgIpc) is 2.57. The van der Waals surface area contributed by atoms with E-state index in [1.165, 1.54) is 0 Å². The molecule has 0 amide bonds. The number of nitrogens with zero attached hydrogens (tertiary/aromatic N) is 3. The third kappa shape index (κ3) is 1.83. The zero-order chi connectivity index (χ0) is 13.4. The number of rotatable bonds is 1. The molecule has 4 nitrogen and oxygen atoms in total. The molecule has 0 saturated heterocycles. The summed E-state index contributed by atoms with van der Waals surface area (Å²) in [4.78, 5) is 0. The quantitative estimate of drug-likeness (QED) is 0.802. The smallest absolute Gasteiger partial charge is 0.0992 e. The number of hydrogen-bond donors (Lipinski definition) is 1. The number of nitriles is 1. The number of aromatic nitrogens is 2. The predicted molar refractivity (Wildman–Crippen MR) is 72.3 cm³/mol. The van der Waals surface area contributed by atoms with Crippen LogP contribution in [-0.4, -0.2) is 9.78 Å². The topological polar surface area (TPSA) is 67.6 Å². The van der Waals surface area contributed by atoms with E-state index in [0.29, 0.717) is 16.3 Å². The summed E-state index contributed by atoms with van der Waals surface area (Å²) in [5, 5.41) is 13.8. The fraction of sp³-hybridized carbons (Fsp3) is 0.231. The van der Waals surface area contributed by atoms with E-state index in [9.17, 15) is 0 Å². The van der Waals surface area contributed by atoms with Gasteiger partial charge in [-0.05, 0) is 26.0 Å². The van der Waals surface area contributed by atoms with Crippen LogP contribution in [0.15, 0.2) is 12.1 Å². The number of nitrogen functional groups attached to an aromatic ring is 1. The Bertz CT molecular complexity index is 665. The first kappa shape index (κ1) is 12.5. The minimum Gasteiger partial charge on any atom is -0.397 e. The predicted octanol–water partition coefficient (Wildman–Crippen LogP) is 2.81. The highest BCUT2D eigenvalue weighted by Crippen LogP contribution is 2.36. The molecule has 0 aliphatic heterocycles. The number of aryl methyl sites for hydroxylation is 2. The first-order valence-electron chi connectivity index (χ1n) is 5.45. The van der Waals surface area contributed by atoms with Crippen molar-refractivity contribution in [3.05, 3.63) is 34.1 Å². The Labute approximate surface area is 111 Å². The highest BCUT2D eigenvalue weighted by atomic mass is 35.5. The van der Waals surface area contributed by atoms with Crippen LogP contribution in [0.2, 0.25) is 5.02 Å². The van der Waals surface area contributed by atoms with Gasteiger partial charge in [0.2, 0.25) is 0 Å².